The summed E-state index contributed by atoms with van der Waals surface area (Å²) in [5.74, 6) is -0.285. The van der Waals surface area contributed by atoms with Gasteiger partial charge in [-0.1, -0.05) is 60.7 Å². The molecule has 3 aromatic carbocycles. The monoisotopic (exact) mass is 443 g/mol. The van der Waals surface area contributed by atoms with Crippen molar-refractivity contribution in [1.82, 2.24) is 4.90 Å². The maximum atomic E-state index is 13.1. The van der Waals surface area contributed by atoms with Crippen LogP contribution < -0.4 is 4.74 Å². The second-order valence-electron chi connectivity index (χ2n) is 7.69. The number of carbonyl (C=O) groups is 2. The molecule has 1 unspecified atom stereocenters. The van der Waals surface area contributed by atoms with Gasteiger partial charge in [-0.3, -0.25) is 9.59 Å². The highest BCUT2D eigenvalue weighted by Crippen LogP contribution is 2.40. The Morgan fingerprint density at radius 3 is 2.27 bits per heavy atom. The summed E-state index contributed by atoms with van der Waals surface area (Å²) in [6, 6.07) is 24.6. The van der Waals surface area contributed by atoms with Gasteiger partial charge in [-0.15, -0.1) is 0 Å². The molecule has 1 aliphatic heterocycles. The van der Waals surface area contributed by atoms with Gasteiger partial charge in [0.25, 0.3) is 11.7 Å². The van der Waals surface area contributed by atoms with Crippen molar-refractivity contribution in [3.63, 3.8) is 0 Å². The summed E-state index contributed by atoms with van der Waals surface area (Å²) in [6.45, 7) is 0.768. The number of Topliss-reactive ketones (excluding diaryl/α,β-unsaturated/α-hetero) is 1. The number of carbonyl (C=O) groups excluding carboxylic acids is 2. The molecule has 1 N–H and O–H groups in total. The lowest BCUT2D eigenvalue weighted by Crippen LogP contribution is -2.31. The fourth-order valence-corrected chi connectivity index (χ4v) is 3.96. The maximum Gasteiger partial charge on any atom is 0.295 e. The second-order valence-corrected chi connectivity index (χ2v) is 7.69. The maximum absolute atomic E-state index is 13.1. The van der Waals surface area contributed by atoms with Gasteiger partial charge in [0.2, 0.25) is 0 Å². The van der Waals surface area contributed by atoms with Crippen molar-refractivity contribution in [2.75, 3.05) is 20.3 Å². The summed E-state index contributed by atoms with van der Waals surface area (Å²) < 4.78 is 11.1. The number of amides is 1. The molecule has 0 aliphatic carbocycles. The zero-order chi connectivity index (χ0) is 23.2. The van der Waals surface area contributed by atoms with E-state index in [9.17, 15) is 14.7 Å². The SMILES string of the molecule is COCCCN1C(=O)C(=O)/C(=C(/O)c2ccccc2)C1c1cccc(Oc2ccccc2)c1. The van der Waals surface area contributed by atoms with Crippen molar-refractivity contribution in [3.05, 3.63) is 102 Å². The Morgan fingerprint density at radius 2 is 1.58 bits per heavy atom. The fourth-order valence-electron chi connectivity index (χ4n) is 3.96. The van der Waals surface area contributed by atoms with E-state index in [4.69, 9.17) is 9.47 Å². The Kier molecular flexibility index (Phi) is 6.86. The van der Waals surface area contributed by atoms with Gasteiger partial charge < -0.3 is 19.5 Å². The number of likely N-dealkylation sites (tertiary alicyclic amines) is 1. The van der Waals surface area contributed by atoms with Crippen molar-refractivity contribution in [2.24, 2.45) is 0 Å². The van der Waals surface area contributed by atoms with Crippen LogP contribution in [-0.2, 0) is 14.3 Å². The summed E-state index contributed by atoms with van der Waals surface area (Å²) in [5, 5.41) is 11.1. The van der Waals surface area contributed by atoms with E-state index in [0.29, 0.717) is 42.2 Å². The summed E-state index contributed by atoms with van der Waals surface area (Å²) in [7, 11) is 1.59. The van der Waals surface area contributed by atoms with Crippen LogP contribution in [0.15, 0.2) is 90.5 Å². The number of hydrogen-bond donors (Lipinski definition) is 1. The minimum Gasteiger partial charge on any atom is -0.507 e. The van der Waals surface area contributed by atoms with E-state index < -0.39 is 17.7 Å². The van der Waals surface area contributed by atoms with Crippen LogP contribution in [0.2, 0.25) is 0 Å². The van der Waals surface area contributed by atoms with Gasteiger partial charge in [-0.25, -0.2) is 0 Å². The van der Waals surface area contributed by atoms with Crippen LogP contribution in [0.25, 0.3) is 5.76 Å². The predicted molar refractivity (Wildman–Crippen MR) is 125 cm³/mol. The van der Waals surface area contributed by atoms with Crippen molar-refractivity contribution in [2.45, 2.75) is 12.5 Å². The van der Waals surface area contributed by atoms with Crippen LogP contribution in [0, 0.1) is 0 Å². The first kappa shape index (κ1) is 22.3. The average Bonchev–Trinajstić information content (AvgIpc) is 3.10. The van der Waals surface area contributed by atoms with Gasteiger partial charge in [0.15, 0.2) is 0 Å². The molecule has 0 spiro atoms. The smallest absolute Gasteiger partial charge is 0.295 e. The zero-order valence-electron chi connectivity index (χ0n) is 18.3. The lowest BCUT2D eigenvalue weighted by atomic mass is 9.95. The van der Waals surface area contributed by atoms with E-state index in [1.807, 2.05) is 54.6 Å². The van der Waals surface area contributed by atoms with E-state index in [2.05, 4.69) is 0 Å². The first-order valence-electron chi connectivity index (χ1n) is 10.8. The van der Waals surface area contributed by atoms with Gasteiger partial charge in [0.05, 0.1) is 11.6 Å². The van der Waals surface area contributed by atoms with Crippen LogP contribution >= 0.6 is 0 Å². The van der Waals surface area contributed by atoms with Crippen LogP contribution in [-0.4, -0.2) is 42.0 Å². The molecule has 6 nitrogen and oxygen atoms in total. The van der Waals surface area contributed by atoms with Crippen molar-refractivity contribution in [3.8, 4) is 11.5 Å². The summed E-state index contributed by atoms with van der Waals surface area (Å²) in [6.07, 6.45) is 0.561. The highest BCUT2D eigenvalue weighted by Gasteiger charge is 2.45. The Labute approximate surface area is 192 Å². The average molecular weight is 443 g/mol. The van der Waals surface area contributed by atoms with Crippen LogP contribution in [0.1, 0.15) is 23.6 Å². The molecule has 1 atom stereocenters. The number of para-hydroxylation sites is 1. The zero-order valence-corrected chi connectivity index (χ0v) is 18.3. The lowest BCUT2D eigenvalue weighted by Gasteiger charge is -2.25. The van der Waals surface area contributed by atoms with Crippen LogP contribution in [0.4, 0.5) is 0 Å². The van der Waals surface area contributed by atoms with Crippen molar-refractivity contribution >= 4 is 17.4 Å². The summed E-state index contributed by atoms with van der Waals surface area (Å²) in [5.41, 5.74) is 1.23. The minimum absolute atomic E-state index is 0.0699. The van der Waals surface area contributed by atoms with Crippen molar-refractivity contribution in [1.29, 1.82) is 0 Å². The van der Waals surface area contributed by atoms with E-state index in [-0.39, 0.29) is 11.3 Å². The number of aliphatic hydroxyl groups is 1. The van der Waals surface area contributed by atoms with Gasteiger partial charge in [0, 0.05) is 25.8 Å². The number of ether oxygens (including phenoxy) is 2. The quantitative estimate of drug-likeness (QED) is 0.231. The van der Waals surface area contributed by atoms with Crippen LogP contribution in [0.3, 0.4) is 0 Å². The molecule has 4 rings (SSSR count). The highest BCUT2D eigenvalue weighted by molar-refractivity contribution is 6.46. The number of hydrogen-bond acceptors (Lipinski definition) is 5. The molecule has 6 heteroatoms. The molecule has 0 aromatic heterocycles. The molecule has 168 valence electrons. The third-order valence-electron chi connectivity index (χ3n) is 5.49. The molecule has 1 heterocycles. The van der Waals surface area contributed by atoms with Gasteiger partial charge in [0.1, 0.15) is 17.3 Å². The van der Waals surface area contributed by atoms with E-state index in [1.54, 1.807) is 37.4 Å². The topological polar surface area (TPSA) is 76.1 Å². The molecular weight excluding hydrogens is 418 g/mol. The molecule has 1 fully saturated rings. The largest absolute Gasteiger partial charge is 0.507 e. The Morgan fingerprint density at radius 1 is 0.909 bits per heavy atom. The van der Waals surface area contributed by atoms with E-state index >= 15 is 0 Å². The molecule has 1 amide bonds. The number of methoxy groups -OCH3 is 1. The van der Waals surface area contributed by atoms with E-state index in [1.165, 1.54) is 4.90 Å². The Balaban J connectivity index is 1.77. The van der Waals surface area contributed by atoms with Gasteiger partial charge >= 0.3 is 0 Å². The molecular formula is C27H25NO5. The van der Waals surface area contributed by atoms with Crippen molar-refractivity contribution < 1.29 is 24.2 Å². The van der Waals surface area contributed by atoms with Gasteiger partial charge in [-0.2, -0.15) is 0 Å². The van der Waals surface area contributed by atoms with Crippen LogP contribution in [0.5, 0.6) is 11.5 Å². The number of benzene rings is 3. The molecule has 0 bridgehead atoms. The normalized spacial score (nSPS) is 17.4. The first-order valence-corrected chi connectivity index (χ1v) is 10.8. The molecule has 3 aromatic rings. The molecule has 0 radical (unpaired) electrons. The number of aliphatic hydroxyl groups excluding tert-OH is 1. The fraction of sp³-hybridized carbons (Fsp3) is 0.185. The second kappa shape index (κ2) is 10.1. The minimum atomic E-state index is -0.735. The Bertz CT molecular complexity index is 1160. The summed E-state index contributed by atoms with van der Waals surface area (Å²) >= 11 is 0. The number of nitrogens with zero attached hydrogens (tertiary/aromatic N) is 1. The molecule has 1 saturated heterocycles. The summed E-state index contributed by atoms with van der Waals surface area (Å²) in [4.78, 5) is 27.5. The highest BCUT2D eigenvalue weighted by atomic mass is 16.5. The van der Waals surface area contributed by atoms with Gasteiger partial charge in [-0.05, 0) is 36.2 Å². The number of ketones is 1. The molecule has 33 heavy (non-hydrogen) atoms. The lowest BCUT2D eigenvalue weighted by molar-refractivity contribution is -0.140. The first-order chi connectivity index (χ1) is 16.1. The number of rotatable bonds is 8. The Hall–Kier alpha value is -3.90. The third kappa shape index (κ3) is 4.81. The molecule has 0 saturated carbocycles. The third-order valence-corrected chi connectivity index (χ3v) is 5.49. The predicted octanol–water partition coefficient (Wildman–Crippen LogP) is 4.94. The molecule has 1 aliphatic rings. The van der Waals surface area contributed by atoms with E-state index in [0.717, 1.165) is 0 Å². The standard InChI is InChI=1S/C27H25NO5/c1-32-17-9-16-28-24(20-12-8-15-22(18-20)33-21-13-6-3-7-14-21)23(26(30)27(28)31)25(29)19-10-4-2-5-11-19/h2-8,10-15,18,24,29H,9,16-17H2,1H3/b25-23+.